The summed E-state index contributed by atoms with van der Waals surface area (Å²) in [7, 11) is 0. The van der Waals surface area contributed by atoms with E-state index in [4.69, 9.17) is 4.52 Å². The Hall–Kier alpha value is -3.16. The maximum Gasteiger partial charge on any atom is 0.253 e. The van der Waals surface area contributed by atoms with Gasteiger partial charge in [0.15, 0.2) is 5.82 Å². The van der Waals surface area contributed by atoms with Crippen LogP contribution in [-0.4, -0.2) is 46.9 Å². The summed E-state index contributed by atoms with van der Waals surface area (Å²) >= 11 is 0. The van der Waals surface area contributed by atoms with Crippen LogP contribution in [0.2, 0.25) is 0 Å². The number of amides is 3. The zero-order chi connectivity index (χ0) is 20.1. The summed E-state index contributed by atoms with van der Waals surface area (Å²) < 4.78 is 4.90. The molecular weight excluding hydrogens is 360 g/mol. The van der Waals surface area contributed by atoms with Crippen molar-refractivity contribution in [1.29, 1.82) is 0 Å². The first-order valence-corrected chi connectivity index (χ1v) is 9.33. The van der Waals surface area contributed by atoms with Crippen molar-refractivity contribution in [3.63, 3.8) is 0 Å². The van der Waals surface area contributed by atoms with E-state index in [1.54, 1.807) is 36.9 Å². The molecule has 1 aliphatic rings. The molecule has 1 saturated heterocycles. The average Bonchev–Trinajstić information content (AvgIpc) is 3.12. The maximum atomic E-state index is 12.5. The molecule has 148 valence electrons. The molecule has 0 spiro atoms. The molecule has 1 atom stereocenters. The lowest BCUT2D eigenvalue weighted by atomic mass is 9.95. The summed E-state index contributed by atoms with van der Waals surface area (Å²) in [6.07, 6.45) is 1.14. The summed E-state index contributed by atoms with van der Waals surface area (Å²) in [4.78, 5) is 38.9. The molecule has 8 heteroatoms. The zero-order valence-electron chi connectivity index (χ0n) is 16.0. The second kappa shape index (κ2) is 8.69. The van der Waals surface area contributed by atoms with Crippen LogP contribution in [0.4, 0.5) is 5.82 Å². The minimum Gasteiger partial charge on any atom is -0.360 e. The number of aromatic nitrogens is 1. The van der Waals surface area contributed by atoms with Gasteiger partial charge in [-0.15, -0.1) is 0 Å². The minimum atomic E-state index is -0.700. The molecule has 28 heavy (non-hydrogen) atoms. The van der Waals surface area contributed by atoms with E-state index in [0.29, 0.717) is 43.1 Å². The maximum absolute atomic E-state index is 12.5. The van der Waals surface area contributed by atoms with E-state index in [2.05, 4.69) is 15.8 Å². The van der Waals surface area contributed by atoms with Gasteiger partial charge in [-0.3, -0.25) is 14.4 Å². The van der Waals surface area contributed by atoms with Crippen molar-refractivity contribution in [1.82, 2.24) is 15.4 Å². The molecule has 0 aliphatic carbocycles. The van der Waals surface area contributed by atoms with Gasteiger partial charge in [-0.25, -0.2) is 0 Å². The third-order valence-corrected chi connectivity index (χ3v) is 4.80. The number of nitrogens with one attached hydrogen (secondary N) is 2. The number of anilines is 1. The molecule has 1 fully saturated rings. The highest BCUT2D eigenvalue weighted by Crippen LogP contribution is 2.19. The fraction of sp³-hybridized carbons (Fsp3) is 0.400. The summed E-state index contributed by atoms with van der Waals surface area (Å²) in [6.45, 7) is 4.38. The molecule has 3 amide bonds. The van der Waals surface area contributed by atoms with Crippen LogP contribution in [0.1, 0.15) is 35.9 Å². The number of likely N-dealkylation sites (tertiary alicyclic amines) is 1. The molecule has 0 bridgehead atoms. The van der Waals surface area contributed by atoms with E-state index < -0.39 is 6.04 Å². The fourth-order valence-corrected chi connectivity index (χ4v) is 3.16. The molecular formula is C20H24N4O4. The molecule has 8 nitrogen and oxygen atoms in total. The van der Waals surface area contributed by atoms with Gasteiger partial charge in [0.25, 0.3) is 5.91 Å². The quantitative estimate of drug-likeness (QED) is 0.820. The minimum absolute atomic E-state index is 0.0184. The van der Waals surface area contributed by atoms with Gasteiger partial charge in [0.05, 0.1) is 0 Å². The summed E-state index contributed by atoms with van der Waals surface area (Å²) in [5.74, 6) is 0.128. The van der Waals surface area contributed by atoms with Gasteiger partial charge >= 0.3 is 0 Å². The number of hydrogen-bond donors (Lipinski definition) is 2. The fourth-order valence-electron chi connectivity index (χ4n) is 3.16. The van der Waals surface area contributed by atoms with Crippen molar-refractivity contribution in [2.45, 2.75) is 32.7 Å². The first-order chi connectivity index (χ1) is 13.4. The molecule has 2 heterocycles. The van der Waals surface area contributed by atoms with Crippen LogP contribution in [0.3, 0.4) is 0 Å². The highest BCUT2D eigenvalue weighted by molar-refractivity contribution is 5.97. The van der Waals surface area contributed by atoms with E-state index in [1.807, 2.05) is 18.2 Å². The van der Waals surface area contributed by atoms with Gasteiger partial charge in [-0.05, 0) is 38.8 Å². The van der Waals surface area contributed by atoms with Gasteiger partial charge in [-0.2, -0.15) is 0 Å². The average molecular weight is 384 g/mol. The SMILES string of the molecule is Cc1cc(NC(=O)[C@@H](C)NC(=O)C2CCN(C(=O)c3ccccc3)CC2)no1. The highest BCUT2D eigenvalue weighted by atomic mass is 16.5. The van der Waals surface area contributed by atoms with Crippen molar-refractivity contribution in [3.05, 3.63) is 47.7 Å². The molecule has 2 N–H and O–H groups in total. The Bertz CT molecular complexity index is 841. The van der Waals surface area contributed by atoms with E-state index in [0.717, 1.165) is 0 Å². The van der Waals surface area contributed by atoms with E-state index in [9.17, 15) is 14.4 Å². The topological polar surface area (TPSA) is 105 Å². The van der Waals surface area contributed by atoms with Crippen LogP contribution in [0.25, 0.3) is 0 Å². The van der Waals surface area contributed by atoms with Gasteiger partial charge in [-0.1, -0.05) is 23.4 Å². The number of rotatable bonds is 5. The number of carbonyl (C=O) groups is 3. The lowest BCUT2D eigenvalue weighted by molar-refractivity contribution is -0.130. The Morgan fingerprint density at radius 1 is 1.18 bits per heavy atom. The van der Waals surface area contributed by atoms with Gasteiger partial charge < -0.3 is 20.1 Å². The second-order valence-corrected chi connectivity index (χ2v) is 6.97. The van der Waals surface area contributed by atoms with Crippen LogP contribution in [0.5, 0.6) is 0 Å². The number of piperidine rings is 1. The molecule has 3 rings (SSSR count). The molecule has 0 saturated carbocycles. The normalized spacial score (nSPS) is 15.7. The van der Waals surface area contributed by atoms with Crippen molar-refractivity contribution in [3.8, 4) is 0 Å². The Kier molecular flexibility index (Phi) is 6.08. The van der Waals surface area contributed by atoms with Gasteiger partial charge in [0.1, 0.15) is 11.8 Å². The monoisotopic (exact) mass is 384 g/mol. The Balaban J connectivity index is 1.47. The number of aryl methyl sites for hydroxylation is 1. The van der Waals surface area contributed by atoms with Crippen LogP contribution in [-0.2, 0) is 9.59 Å². The Labute approximate surface area is 163 Å². The van der Waals surface area contributed by atoms with Gasteiger partial charge in [0.2, 0.25) is 11.8 Å². The van der Waals surface area contributed by atoms with Crippen molar-refractivity contribution in [2.75, 3.05) is 18.4 Å². The number of benzene rings is 1. The Morgan fingerprint density at radius 3 is 2.46 bits per heavy atom. The number of carbonyl (C=O) groups excluding carboxylic acids is 3. The van der Waals surface area contributed by atoms with Crippen molar-refractivity contribution < 1.29 is 18.9 Å². The standard InChI is InChI=1S/C20H24N4O4/c1-13-12-17(23-28-13)22-18(25)14(2)21-19(26)15-8-10-24(11-9-15)20(27)16-6-4-3-5-7-16/h3-7,12,14-15H,8-11H2,1-2H3,(H,21,26)(H,22,23,25)/t14-/m1/s1. The van der Waals surface area contributed by atoms with E-state index >= 15 is 0 Å². The highest BCUT2D eigenvalue weighted by Gasteiger charge is 2.29. The first-order valence-electron chi connectivity index (χ1n) is 9.33. The molecule has 0 unspecified atom stereocenters. The molecule has 1 aromatic carbocycles. The predicted molar refractivity (Wildman–Crippen MR) is 103 cm³/mol. The first kappa shape index (κ1) is 19.6. The Morgan fingerprint density at radius 2 is 1.86 bits per heavy atom. The number of hydrogen-bond acceptors (Lipinski definition) is 5. The lowest BCUT2D eigenvalue weighted by Gasteiger charge is -2.31. The van der Waals surface area contributed by atoms with E-state index in [-0.39, 0.29) is 23.6 Å². The van der Waals surface area contributed by atoms with Crippen molar-refractivity contribution >= 4 is 23.5 Å². The van der Waals surface area contributed by atoms with E-state index in [1.165, 1.54) is 0 Å². The van der Waals surface area contributed by atoms with Crippen LogP contribution in [0.15, 0.2) is 40.9 Å². The molecule has 1 aromatic heterocycles. The van der Waals surface area contributed by atoms with Crippen LogP contribution >= 0.6 is 0 Å². The smallest absolute Gasteiger partial charge is 0.253 e. The molecule has 2 aromatic rings. The predicted octanol–water partition coefficient (Wildman–Crippen LogP) is 1.98. The number of nitrogens with zero attached hydrogens (tertiary/aromatic N) is 2. The summed E-state index contributed by atoms with van der Waals surface area (Å²) in [5.41, 5.74) is 0.652. The van der Waals surface area contributed by atoms with Crippen LogP contribution < -0.4 is 10.6 Å². The second-order valence-electron chi connectivity index (χ2n) is 6.97. The summed E-state index contributed by atoms with van der Waals surface area (Å²) in [6, 6.07) is 10.0. The third kappa shape index (κ3) is 4.76. The van der Waals surface area contributed by atoms with Crippen molar-refractivity contribution in [2.24, 2.45) is 5.92 Å². The third-order valence-electron chi connectivity index (χ3n) is 4.80. The largest absolute Gasteiger partial charge is 0.360 e. The lowest BCUT2D eigenvalue weighted by Crippen LogP contribution is -2.47. The van der Waals surface area contributed by atoms with Crippen LogP contribution in [0, 0.1) is 12.8 Å². The molecule has 0 radical (unpaired) electrons. The van der Waals surface area contributed by atoms with Gasteiger partial charge in [0, 0.05) is 30.6 Å². The zero-order valence-corrected chi connectivity index (χ0v) is 16.0. The summed E-state index contributed by atoms with van der Waals surface area (Å²) in [5, 5.41) is 9.04. The molecule has 1 aliphatic heterocycles.